The summed E-state index contributed by atoms with van der Waals surface area (Å²) in [6, 6.07) is 4.25. The van der Waals surface area contributed by atoms with Gasteiger partial charge in [-0.2, -0.15) is 0 Å². The molecule has 1 aromatic carbocycles. The minimum Gasteiger partial charge on any atom is -0.388 e. The van der Waals surface area contributed by atoms with Crippen molar-refractivity contribution >= 4 is 15.9 Å². The standard InChI is InChI=1S/C15H21BrO/c1-9-5-4-6-12(9)15(17)13-7-11(3)14(16)8-10(13)2/h7-9,12,15,17H,4-6H2,1-3H3. The highest BCUT2D eigenvalue weighted by Crippen LogP contribution is 2.41. The number of rotatable bonds is 2. The molecular formula is C15H21BrO. The summed E-state index contributed by atoms with van der Waals surface area (Å²) >= 11 is 3.54. The predicted octanol–water partition coefficient (Wildman–Crippen LogP) is 4.54. The van der Waals surface area contributed by atoms with E-state index in [4.69, 9.17) is 0 Å². The molecule has 0 aliphatic heterocycles. The van der Waals surface area contributed by atoms with Gasteiger partial charge in [0.25, 0.3) is 0 Å². The number of hydrogen-bond acceptors (Lipinski definition) is 1. The molecule has 3 unspecified atom stereocenters. The Kier molecular flexibility index (Phi) is 3.94. The van der Waals surface area contributed by atoms with Crippen LogP contribution in [0.3, 0.4) is 0 Å². The monoisotopic (exact) mass is 296 g/mol. The fraction of sp³-hybridized carbons (Fsp3) is 0.600. The van der Waals surface area contributed by atoms with Gasteiger partial charge in [-0.3, -0.25) is 0 Å². The molecule has 3 atom stereocenters. The molecule has 0 heterocycles. The van der Waals surface area contributed by atoms with Crippen LogP contribution in [0.4, 0.5) is 0 Å². The molecule has 1 aromatic rings. The molecule has 0 spiro atoms. The van der Waals surface area contributed by atoms with E-state index in [0.29, 0.717) is 11.8 Å². The lowest BCUT2D eigenvalue weighted by molar-refractivity contribution is 0.0894. The van der Waals surface area contributed by atoms with Crippen molar-refractivity contribution in [1.82, 2.24) is 0 Å². The van der Waals surface area contributed by atoms with E-state index in [1.165, 1.54) is 24.0 Å². The third kappa shape index (κ3) is 2.58. The van der Waals surface area contributed by atoms with Gasteiger partial charge in [0.15, 0.2) is 0 Å². The van der Waals surface area contributed by atoms with Gasteiger partial charge in [-0.1, -0.05) is 41.8 Å². The van der Waals surface area contributed by atoms with E-state index < -0.39 is 0 Å². The summed E-state index contributed by atoms with van der Waals surface area (Å²) in [5.74, 6) is 1.09. The van der Waals surface area contributed by atoms with E-state index in [-0.39, 0.29) is 6.10 Å². The molecule has 1 nitrogen and oxygen atoms in total. The number of benzene rings is 1. The molecule has 1 N–H and O–H groups in total. The van der Waals surface area contributed by atoms with Crippen LogP contribution >= 0.6 is 15.9 Å². The van der Waals surface area contributed by atoms with Gasteiger partial charge in [-0.15, -0.1) is 0 Å². The summed E-state index contributed by atoms with van der Waals surface area (Å²) in [7, 11) is 0. The first kappa shape index (κ1) is 13.1. The second-order valence-corrected chi connectivity index (χ2v) is 6.33. The van der Waals surface area contributed by atoms with Crippen LogP contribution < -0.4 is 0 Å². The molecule has 1 aliphatic carbocycles. The third-order valence-corrected chi connectivity index (χ3v) is 5.05. The van der Waals surface area contributed by atoms with Crippen LogP contribution in [-0.4, -0.2) is 5.11 Å². The van der Waals surface area contributed by atoms with Crippen molar-refractivity contribution in [2.75, 3.05) is 0 Å². The Balaban J connectivity index is 2.30. The number of aryl methyl sites for hydroxylation is 2. The second-order valence-electron chi connectivity index (χ2n) is 5.47. The molecule has 1 fully saturated rings. The Hall–Kier alpha value is -0.340. The maximum absolute atomic E-state index is 10.6. The van der Waals surface area contributed by atoms with E-state index >= 15 is 0 Å². The maximum atomic E-state index is 10.6. The van der Waals surface area contributed by atoms with E-state index in [2.05, 4.69) is 48.8 Å². The molecule has 17 heavy (non-hydrogen) atoms. The lowest BCUT2D eigenvalue weighted by atomic mass is 9.86. The Morgan fingerprint density at radius 1 is 1.24 bits per heavy atom. The van der Waals surface area contributed by atoms with Crippen LogP contribution in [0.5, 0.6) is 0 Å². The van der Waals surface area contributed by atoms with Crippen molar-refractivity contribution in [3.8, 4) is 0 Å². The topological polar surface area (TPSA) is 20.2 Å². The Morgan fingerprint density at radius 3 is 2.53 bits per heavy atom. The molecular weight excluding hydrogens is 276 g/mol. The molecule has 1 saturated carbocycles. The van der Waals surface area contributed by atoms with Crippen molar-refractivity contribution in [2.45, 2.75) is 46.1 Å². The first-order valence-electron chi connectivity index (χ1n) is 6.45. The van der Waals surface area contributed by atoms with Crippen LogP contribution in [-0.2, 0) is 0 Å². The van der Waals surface area contributed by atoms with Gasteiger partial charge in [0.1, 0.15) is 0 Å². The minimum atomic E-state index is -0.292. The molecule has 0 radical (unpaired) electrons. The number of hydrogen-bond donors (Lipinski definition) is 1. The quantitative estimate of drug-likeness (QED) is 0.850. The lowest BCUT2D eigenvalue weighted by Gasteiger charge is -2.24. The van der Waals surface area contributed by atoms with Crippen molar-refractivity contribution < 1.29 is 5.11 Å². The zero-order valence-corrected chi connectivity index (χ0v) is 12.4. The SMILES string of the molecule is Cc1cc(C(O)C2CCCC2C)c(C)cc1Br. The summed E-state index contributed by atoms with van der Waals surface area (Å²) in [4.78, 5) is 0. The summed E-state index contributed by atoms with van der Waals surface area (Å²) < 4.78 is 1.13. The first-order valence-corrected chi connectivity index (χ1v) is 7.24. The molecule has 2 heteroatoms. The normalized spacial score (nSPS) is 26.2. The summed E-state index contributed by atoms with van der Waals surface area (Å²) in [6.45, 7) is 6.43. The smallest absolute Gasteiger partial charge is 0.0823 e. The molecule has 0 saturated heterocycles. The lowest BCUT2D eigenvalue weighted by Crippen LogP contribution is -2.16. The third-order valence-electron chi connectivity index (χ3n) is 4.20. The summed E-state index contributed by atoms with van der Waals surface area (Å²) in [5.41, 5.74) is 3.51. The van der Waals surface area contributed by atoms with Gasteiger partial charge >= 0.3 is 0 Å². The van der Waals surface area contributed by atoms with Gasteiger partial charge in [0.05, 0.1) is 6.10 Å². The molecule has 94 valence electrons. The van der Waals surface area contributed by atoms with E-state index in [1.54, 1.807) is 0 Å². The highest BCUT2D eigenvalue weighted by atomic mass is 79.9. The van der Waals surface area contributed by atoms with Gasteiger partial charge in [-0.25, -0.2) is 0 Å². The Bertz CT molecular complexity index is 414. The molecule has 1 aliphatic rings. The molecule has 0 aromatic heterocycles. The maximum Gasteiger partial charge on any atom is 0.0823 e. The van der Waals surface area contributed by atoms with Crippen LogP contribution in [0.25, 0.3) is 0 Å². The minimum absolute atomic E-state index is 0.292. The highest BCUT2D eigenvalue weighted by Gasteiger charge is 2.31. The predicted molar refractivity (Wildman–Crippen MR) is 75.1 cm³/mol. The van der Waals surface area contributed by atoms with Crippen molar-refractivity contribution in [3.05, 3.63) is 33.3 Å². The van der Waals surface area contributed by atoms with Gasteiger partial charge in [-0.05, 0) is 54.9 Å². The average Bonchev–Trinajstić information content (AvgIpc) is 2.69. The fourth-order valence-corrected chi connectivity index (χ4v) is 3.45. The van der Waals surface area contributed by atoms with E-state index in [0.717, 1.165) is 16.5 Å². The van der Waals surface area contributed by atoms with E-state index in [9.17, 15) is 5.11 Å². The van der Waals surface area contributed by atoms with Crippen LogP contribution in [0.1, 0.15) is 49.0 Å². The molecule has 0 bridgehead atoms. The van der Waals surface area contributed by atoms with Gasteiger partial charge in [0, 0.05) is 4.47 Å². The summed E-state index contributed by atoms with van der Waals surface area (Å²) in [6.07, 6.45) is 3.39. The zero-order valence-electron chi connectivity index (χ0n) is 10.8. The highest BCUT2D eigenvalue weighted by molar-refractivity contribution is 9.10. The largest absolute Gasteiger partial charge is 0.388 e. The van der Waals surface area contributed by atoms with Gasteiger partial charge in [0.2, 0.25) is 0 Å². The van der Waals surface area contributed by atoms with Crippen LogP contribution in [0, 0.1) is 25.7 Å². The van der Waals surface area contributed by atoms with Gasteiger partial charge < -0.3 is 5.11 Å². The molecule has 0 amide bonds. The Labute approximate surface area is 112 Å². The van der Waals surface area contributed by atoms with Crippen molar-refractivity contribution in [3.63, 3.8) is 0 Å². The number of aliphatic hydroxyl groups is 1. The zero-order chi connectivity index (χ0) is 12.6. The van der Waals surface area contributed by atoms with E-state index in [1.807, 2.05) is 0 Å². The Morgan fingerprint density at radius 2 is 1.94 bits per heavy atom. The summed E-state index contributed by atoms with van der Waals surface area (Å²) in [5, 5.41) is 10.6. The average molecular weight is 297 g/mol. The van der Waals surface area contributed by atoms with Crippen molar-refractivity contribution in [1.29, 1.82) is 0 Å². The number of aliphatic hydroxyl groups excluding tert-OH is 1. The van der Waals surface area contributed by atoms with Crippen LogP contribution in [0.15, 0.2) is 16.6 Å². The van der Waals surface area contributed by atoms with Crippen molar-refractivity contribution in [2.24, 2.45) is 11.8 Å². The second kappa shape index (κ2) is 5.11. The first-order chi connectivity index (χ1) is 8.00. The number of halogens is 1. The fourth-order valence-electron chi connectivity index (χ4n) is 3.00. The van der Waals surface area contributed by atoms with Crippen LogP contribution in [0.2, 0.25) is 0 Å². The molecule has 2 rings (SSSR count).